The van der Waals surface area contributed by atoms with Crippen LogP contribution in [0, 0.1) is 12.8 Å². The van der Waals surface area contributed by atoms with Gasteiger partial charge in [-0.05, 0) is 13.8 Å². The van der Waals surface area contributed by atoms with Gasteiger partial charge in [-0.15, -0.1) is 0 Å². The van der Waals surface area contributed by atoms with E-state index in [-0.39, 0.29) is 0 Å². The van der Waals surface area contributed by atoms with Crippen molar-refractivity contribution >= 4 is 16.9 Å². The first-order valence-corrected chi connectivity index (χ1v) is 5.84. The fourth-order valence-corrected chi connectivity index (χ4v) is 2.30. The molecule has 3 N–H and O–H groups in total. The van der Waals surface area contributed by atoms with Crippen molar-refractivity contribution in [2.24, 2.45) is 5.92 Å². The average Bonchev–Trinajstić information content (AvgIpc) is 2.55. The number of nitrogens with zero attached hydrogens (tertiary/aromatic N) is 4. The molecule has 1 fully saturated rings. The third kappa shape index (κ3) is 1.48. The standard InChI is InChI=1S/C11H16N6/c1-6-9-10(12)14-5-15-11(9)17(16-6)7(2)8-3-13-4-8/h5,7-8,13H,3-4H2,1-2H3,(H2,12,14,15). The molecule has 1 atom stereocenters. The second-order valence-electron chi connectivity index (χ2n) is 4.65. The number of nitrogens with two attached hydrogens (primary N) is 1. The van der Waals surface area contributed by atoms with Gasteiger partial charge in [0.1, 0.15) is 12.1 Å². The van der Waals surface area contributed by atoms with Crippen molar-refractivity contribution < 1.29 is 0 Å². The molecule has 0 aromatic carbocycles. The highest BCUT2D eigenvalue weighted by atomic mass is 15.3. The molecule has 1 aliphatic rings. The highest BCUT2D eigenvalue weighted by molar-refractivity contribution is 5.87. The SMILES string of the molecule is Cc1nn(C(C)C2CNC2)c2ncnc(N)c12. The van der Waals surface area contributed by atoms with Gasteiger partial charge in [-0.1, -0.05) is 0 Å². The summed E-state index contributed by atoms with van der Waals surface area (Å²) in [6.45, 7) is 6.21. The summed E-state index contributed by atoms with van der Waals surface area (Å²) in [6.07, 6.45) is 1.50. The lowest BCUT2D eigenvalue weighted by Crippen LogP contribution is -2.46. The van der Waals surface area contributed by atoms with E-state index in [1.165, 1.54) is 6.33 Å². The van der Waals surface area contributed by atoms with E-state index in [0.29, 0.717) is 17.8 Å². The highest BCUT2D eigenvalue weighted by Crippen LogP contribution is 2.27. The van der Waals surface area contributed by atoms with Crippen LogP contribution >= 0.6 is 0 Å². The lowest BCUT2D eigenvalue weighted by Gasteiger charge is -2.32. The summed E-state index contributed by atoms with van der Waals surface area (Å²) in [4.78, 5) is 8.33. The number of hydrogen-bond acceptors (Lipinski definition) is 5. The van der Waals surface area contributed by atoms with Crippen molar-refractivity contribution in [1.29, 1.82) is 0 Å². The zero-order valence-electron chi connectivity index (χ0n) is 10.0. The van der Waals surface area contributed by atoms with Crippen LogP contribution in [0.2, 0.25) is 0 Å². The number of hydrogen-bond donors (Lipinski definition) is 2. The maximum absolute atomic E-state index is 5.88. The van der Waals surface area contributed by atoms with Gasteiger partial charge in [0.15, 0.2) is 5.65 Å². The molecule has 1 saturated heterocycles. The Kier molecular flexibility index (Phi) is 2.25. The number of fused-ring (bicyclic) bond motifs is 1. The number of nitrogens with one attached hydrogen (secondary N) is 1. The lowest BCUT2D eigenvalue weighted by molar-refractivity contribution is 0.240. The first-order valence-electron chi connectivity index (χ1n) is 5.84. The molecule has 0 saturated carbocycles. The van der Waals surface area contributed by atoms with Gasteiger partial charge in [0.05, 0.1) is 17.1 Å². The molecular formula is C11H16N6. The fourth-order valence-electron chi connectivity index (χ4n) is 2.30. The molecular weight excluding hydrogens is 216 g/mol. The summed E-state index contributed by atoms with van der Waals surface area (Å²) < 4.78 is 1.98. The minimum atomic E-state index is 0.335. The maximum Gasteiger partial charge on any atom is 0.163 e. The van der Waals surface area contributed by atoms with E-state index >= 15 is 0 Å². The summed E-state index contributed by atoms with van der Waals surface area (Å²) in [5.74, 6) is 1.13. The van der Waals surface area contributed by atoms with Crippen LogP contribution in [-0.4, -0.2) is 32.8 Å². The third-order valence-electron chi connectivity index (χ3n) is 3.57. The molecule has 3 heterocycles. The number of aromatic nitrogens is 4. The van der Waals surface area contributed by atoms with Crippen LogP contribution in [0.1, 0.15) is 18.7 Å². The van der Waals surface area contributed by atoms with Crippen LogP contribution in [0.25, 0.3) is 11.0 Å². The number of aryl methyl sites for hydroxylation is 1. The third-order valence-corrected chi connectivity index (χ3v) is 3.57. The van der Waals surface area contributed by atoms with E-state index in [2.05, 4.69) is 27.3 Å². The van der Waals surface area contributed by atoms with Crippen LogP contribution in [-0.2, 0) is 0 Å². The molecule has 3 rings (SSSR count). The number of anilines is 1. The van der Waals surface area contributed by atoms with Gasteiger partial charge in [0, 0.05) is 19.0 Å². The van der Waals surface area contributed by atoms with E-state index in [9.17, 15) is 0 Å². The normalized spacial score (nSPS) is 18.2. The van der Waals surface area contributed by atoms with E-state index in [4.69, 9.17) is 5.73 Å². The zero-order valence-corrected chi connectivity index (χ0v) is 10.0. The van der Waals surface area contributed by atoms with Crippen molar-refractivity contribution in [2.75, 3.05) is 18.8 Å². The Hall–Kier alpha value is -1.69. The van der Waals surface area contributed by atoms with Gasteiger partial charge < -0.3 is 11.1 Å². The average molecular weight is 232 g/mol. The summed E-state index contributed by atoms with van der Waals surface area (Å²) in [5, 5.41) is 8.72. The summed E-state index contributed by atoms with van der Waals surface area (Å²) in [7, 11) is 0. The Labute approximate surface area is 99.2 Å². The minimum Gasteiger partial charge on any atom is -0.383 e. The Morgan fingerprint density at radius 2 is 2.24 bits per heavy atom. The Balaban J connectivity index is 2.13. The zero-order chi connectivity index (χ0) is 12.0. The first-order chi connectivity index (χ1) is 8.18. The fraction of sp³-hybridized carbons (Fsp3) is 0.545. The van der Waals surface area contributed by atoms with Gasteiger partial charge in [-0.25, -0.2) is 14.6 Å². The molecule has 0 radical (unpaired) electrons. The van der Waals surface area contributed by atoms with Crippen LogP contribution in [0.5, 0.6) is 0 Å². The van der Waals surface area contributed by atoms with Crippen molar-refractivity contribution in [1.82, 2.24) is 25.1 Å². The maximum atomic E-state index is 5.88. The number of rotatable bonds is 2. The summed E-state index contributed by atoms with van der Waals surface area (Å²) in [6, 6.07) is 0.335. The number of nitrogen functional groups attached to an aromatic ring is 1. The van der Waals surface area contributed by atoms with Crippen molar-refractivity contribution in [2.45, 2.75) is 19.9 Å². The Morgan fingerprint density at radius 3 is 2.88 bits per heavy atom. The van der Waals surface area contributed by atoms with Gasteiger partial charge in [0.25, 0.3) is 0 Å². The molecule has 1 unspecified atom stereocenters. The minimum absolute atomic E-state index is 0.335. The molecule has 2 aromatic heterocycles. The molecule has 0 bridgehead atoms. The second kappa shape index (κ2) is 3.66. The van der Waals surface area contributed by atoms with Crippen molar-refractivity contribution in [3.05, 3.63) is 12.0 Å². The Bertz CT molecular complexity index is 556. The molecule has 1 aliphatic heterocycles. The van der Waals surface area contributed by atoms with E-state index in [1.54, 1.807) is 0 Å². The monoisotopic (exact) mass is 232 g/mol. The van der Waals surface area contributed by atoms with Crippen molar-refractivity contribution in [3.63, 3.8) is 0 Å². The van der Waals surface area contributed by atoms with Crippen molar-refractivity contribution in [3.8, 4) is 0 Å². The summed E-state index contributed by atoms with van der Waals surface area (Å²) in [5.41, 5.74) is 7.62. The summed E-state index contributed by atoms with van der Waals surface area (Å²) >= 11 is 0. The smallest absolute Gasteiger partial charge is 0.163 e. The largest absolute Gasteiger partial charge is 0.383 e. The molecule has 6 nitrogen and oxygen atoms in total. The van der Waals surface area contributed by atoms with Gasteiger partial charge in [-0.3, -0.25) is 0 Å². The molecule has 2 aromatic rings. The molecule has 0 aliphatic carbocycles. The molecule has 0 spiro atoms. The molecule has 90 valence electrons. The van der Waals surface area contributed by atoms with Crippen LogP contribution in [0.15, 0.2) is 6.33 Å². The van der Waals surface area contributed by atoms with Gasteiger partial charge in [-0.2, -0.15) is 5.10 Å². The van der Waals surface area contributed by atoms with Crippen LogP contribution in [0.3, 0.4) is 0 Å². The predicted octanol–water partition coefficient (Wildman–Crippen LogP) is 0.497. The molecule has 0 amide bonds. The molecule has 17 heavy (non-hydrogen) atoms. The van der Waals surface area contributed by atoms with Crippen LogP contribution < -0.4 is 11.1 Å². The van der Waals surface area contributed by atoms with Gasteiger partial charge >= 0.3 is 0 Å². The lowest BCUT2D eigenvalue weighted by atomic mass is 9.95. The van der Waals surface area contributed by atoms with E-state index in [1.807, 2.05) is 11.6 Å². The highest BCUT2D eigenvalue weighted by Gasteiger charge is 2.27. The second-order valence-corrected chi connectivity index (χ2v) is 4.65. The quantitative estimate of drug-likeness (QED) is 0.788. The van der Waals surface area contributed by atoms with E-state index in [0.717, 1.165) is 29.8 Å². The first kappa shape index (κ1) is 10.5. The topological polar surface area (TPSA) is 81.7 Å². The van der Waals surface area contributed by atoms with E-state index < -0.39 is 0 Å². The Morgan fingerprint density at radius 1 is 1.47 bits per heavy atom. The molecule has 6 heteroatoms. The predicted molar refractivity (Wildman–Crippen MR) is 65.5 cm³/mol. The van der Waals surface area contributed by atoms with Gasteiger partial charge in [0.2, 0.25) is 0 Å². The van der Waals surface area contributed by atoms with Crippen LogP contribution in [0.4, 0.5) is 5.82 Å².